The van der Waals surface area contributed by atoms with E-state index in [1.165, 1.54) is 31.2 Å². The van der Waals surface area contributed by atoms with Gasteiger partial charge in [0.05, 0.1) is 34.2 Å². The summed E-state index contributed by atoms with van der Waals surface area (Å²) in [6.45, 7) is 10.2. The summed E-state index contributed by atoms with van der Waals surface area (Å²) in [5.74, 6) is 0.878. The molecule has 0 bridgehead atoms. The fraction of sp³-hybridized carbons (Fsp3) is 0.355. The second kappa shape index (κ2) is 10.7. The Kier molecular flexibility index (Phi) is 7.16. The molecular formula is C31H31Cl2N5. The van der Waals surface area contributed by atoms with Crippen LogP contribution < -0.4 is 5.32 Å². The molecule has 0 unspecified atom stereocenters. The Morgan fingerprint density at radius 2 is 1.71 bits per heavy atom. The third kappa shape index (κ3) is 5.07. The molecule has 2 aliphatic rings. The Morgan fingerprint density at radius 1 is 0.974 bits per heavy atom. The Morgan fingerprint density at radius 3 is 2.45 bits per heavy atom. The van der Waals surface area contributed by atoms with Gasteiger partial charge in [0.25, 0.3) is 0 Å². The number of rotatable bonds is 6. The van der Waals surface area contributed by atoms with Crippen molar-refractivity contribution in [1.82, 2.24) is 20.2 Å². The third-order valence-electron chi connectivity index (χ3n) is 8.41. The van der Waals surface area contributed by atoms with E-state index < -0.39 is 0 Å². The molecule has 1 saturated heterocycles. The lowest BCUT2D eigenvalue weighted by Gasteiger charge is -2.45. The highest BCUT2D eigenvalue weighted by atomic mass is 35.5. The first-order chi connectivity index (χ1) is 18.5. The highest BCUT2D eigenvalue weighted by Gasteiger charge is 2.38. The molecule has 6 rings (SSSR count). The van der Waals surface area contributed by atoms with Crippen LogP contribution in [-0.2, 0) is 12.1 Å². The lowest BCUT2D eigenvalue weighted by molar-refractivity contribution is 0.0968. The third-order valence-corrected chi connectivity index (χ3v) is 9.13. The van der Waals surface area contributed by atoms with Crippen molar-refractivity contribution < 1.29 is 0 Å². The molecule has 2 fully saturated rings. The highest BCUT2D eigenvalue weighted by molar-refractivity contribution is 6.42. The van der Waals surface area contributed by atoms with Crippen LogP contribution in [0.5, 0.6) is 0 Å². The van der Waals surface area contributed by atoms with Gasteiger partial charge in [-0.1, -0.05) is 78.5 Å². The maximum absolute atomic E-state index is 7.34. The Bertz CT molecular complexity index is 1430. The standard InChI is InChI=1S/C31H31Cl2N5/c1-34-24-6-4-5-22(17-24)21-9-11-23(12-10-21)31(13-15-38(16-14-31)25-7-2-3-8-25)35-20-30-36-28-18-26(32)27(33)19-29(28)37-30/h4-6,9-12,17-19,25,35H,2-3,7-8,13-16,20H2,(H,36,37). The van der Waals surface area contributed by atoms with E-state index in [9.17, 15) is 0 Å². The Balaban J connectivity index is 1.26. The molecule has 2 N–H and O–H groups in total. The molecular weight excluding hydrogens is 513 g/mol. The number of piperidine rings is 1. The van der Waals surface area contributed by atoms with Crippen LogP contribution in [0.3, 0.4) is 0 Å². The molecule has 5 nitrogen and oxygen atoms in total. The van der Waals surface area contributed by atoms with E-state index in [2.05, 4.69) is 50.4 Å². The quantitative estimate of drug-likeness (QED) is 0.241. The van der Waals surface area contributed by atoms with Gasteiger partial charge in [-0.3, -0.25) is 0 Å². The lowest BCUT2D eigenvalue weighted by Crippen LogP contribution is -2.52. The summed E-state index contributed by atoms with van der Waals surface area (Å²) in [6.07, 6.45) is 7.50. The fourth-order valence-electron chi connectivity index (χ4n) is 6.24. The van der Waals surface area contributed by atoms with E-state index in [1.807, 2.05) is 30.3 Å². The van der Waals surface area contributed by atoms with Crippen LogP contribution in [-0.4, -0.2) is 34.0 Å². The van der Waals surface area contributed by atoms with Crippen LogP contribution >= 0.6 is 23.2 Å². The van der Waals surface area contributed by atoms with Crippen LogP contribution in [0.2, 0.25) is 10.0 Å². The number of imidazole rings is 1. The first-order valence-electron chi connectivity index (χ1n) is 13.4. The second-order valence-corrected chi connectivity index (χ2v) is 11.4. The van der Waals surface area contributed by atoms with E-state index in [4.69, 9.17) is 34.8 Å². The van der Waals surface area contributed by atoms with Crippen molar-refractivity contribution in [1.29, 1.82) is 0 Å². The summed E-state index contributed by atoms with van der Waals surface area (Å²) in [5.41, 5.74) is 5.75. The molecule has 1 aromatic heterocycles. The largest absolute Gasteiger partial charge is 0.341 e. The number of likely N-dealkylation sites (tertiary alicyclic amines) is 1. The molecule has 2 heterocycles. The topological polar surface area (TPSA) is 48.3 Å². The van der Waals surface area contributed by atoms with Gasteiger partial charge in [-0.25, -0.2) is 9.83 Å². The average molecular weight is 545 g/mol. The number of aromatic amines is 1. The summed E-state index contributed by atoms with van der Waals surface area (Å²) >= 11 is 12.4. The fourth-order valence-corrected chi connectivity index (χ4v) is 6.56. The minimum absolute atomic E-state index is 0.139. The van der Waals surface area contributed by atoms with Crippen LogP contribution in [0.1, 0.15) is 49.9 Å². The number of nitrogens with zero attached hydrogens (tertiary/aromatic N) is 3. The molecule has 0 atom stereocenters. The smallest absolute Gasteiger partial charge is 0.187 e. The maximum Gasteiger partial charge on any atom is 0.187 e. The second-order valence-electron chi connectivity index (χ2n) is 10.6. The predicted octanol–water partition coefficient (Wildman–Crippen LogP) is 8.11. The first-order valence-corrected chi connectivity index (χ1v) is 14.2. The summed E-state index contributed by atoms with van der Waals surface area (Å²) in [7, 11) is 0. The lowest BCUT2D eigenvalue weighted by atomic mass is 9.79. The van der Waals surface area contributed by atoms with Gasteiger partial charge >= 0.3 is 0 Å². The molecule has 3 aromatic carbocycles. The van der Waals surface area contributed by atoms with Crippen LogP contribution in [0, 0.1) is 6.57 Å². The zero-order valence-corrected chi connectivity index (χ0v) is 22.8. The van der Waals surface area contributed by atoms with Crippen LogP contribution in [0.4, 0.5) is 5.69 Å². The van der Waals surface area contributed by atoms with Gasteiger partial charge in [-0.05, 0) is 60.6 Å². The van der Waals surface area contributed by atoms with Gasteiger partial charge in [-0.15, -0.1) is 0 Å². The summed E-state index contributed by atoms with van der Waals surface area (Å²) in [6, 6.07) is 21.1. The molecule has 0 radical (unpaired) electrons. The molecule has 1 aliphatic carbocycles. The summed E-state index contributed by atoms with van der Waals surface area (Å²) in [4.78, 5) is 14.5. The van der Waals surface area contributed by atoms with Gasteiger partial charge in [0.1, 0.15) is 5.82 Å². The number of hydrogen-bond donors (Lipinski definition) is 2. The van der Waals surface area contributed by atoms with E-state index in [0.717, 1.165) is 60.0 Å². The summed E-state index contributed by atoms with van der Waals surface area (Å²) < 4.78 is 0. The van der Waals surface area contributed by atoms with E-state index >= 15 is 0 Å². The monoisotopic (exact) mass is 543 g/mol. The van der Waals surface area contributed by atoms with Crippen LogP contribution in [0.15, 0.2) is 60.7 Å². The molecule has 0 spiro atoms. The number of H-pyrrole nitrogens is 1. The average Bonchev–Trinajstić information content (AvgIpc) is 3.63. The van der Waals surface area contributed by atoms with Crippen molar-refractivity contribution in [3.8, 4) is 11.1 Å². The number of halogens is 2. The summed E-state index contributed by atoms with van der Waals surface area (Å²) in [5, 5.41) is 4.96. The number of benzene rings is 3. The Hall–Kier alpha value is -2.88. The van der Waals surface area contributed by atoms with Crippen molar-refractivity contribution >= 4 is 39.9 Å². The predicted molar refractivity (Wildman–Crippen MR) is 156 cm³/mol. The number of hydrogen-bond acceptors (Lipinski definition) is 3. The maximum atomic E-state index is 7.34. The van der Waals surface area contributed by atoms with E-state index in [0.29, 0.717) is 22.3 Å². The van der Waals surface area contributed by atoms with Crippen molar-refractivity contribution in [2.45, 2.75) is 56.7 Å². The highest BCUT2D eigenvalue weighted by Crippen LogP contribution is 2.37. The number of nitrogens with one attached hydrogen (secondary N) is 2. The zero-order chi connectivity index (χ0) is 26.1. The first kappa shape index (κ1) is 25.4. The SMILES string of the molecule is [C-]#[N+]c1cccc(-c2ccc(C3(NCc4nc5cc(Cl)c(Cl)cc5[nH]4)CCN(C4CCCC4)CC3)cc2)c1. The minimum Gasteiger partial charge on any atom is -0.341 e. The van der Waals surface area contributed by atoms with Gasteiger partial charge in [0.2, 0.25) is 0 Å². The number of fused-ring (bicyclic) bond motifs is 1. The number of aromatic nitrogens is 2. The molecule has 1 saturated carbocycles. The van der Waals surface area contributed by atoms with Gasteiger partial charge < -0.3 is 15.2 Å². The zero-order valence-electron chi connectivity index (χ0n) is 21.3. The molecule has 1 aliphatic heterocycles. The Labute approximate surface area is 234 Å². The van der Waals surface area contributed by atoms with Crippen molar-refractivity contribution in [2.75, 3.05) is 13.1 Å². The minimum atomic E-state index is -0.139. The van der Waals surface area contributed by atoms with E-state index in [-0.39, 0.29) is 5.54 Å². The van der Waals surface area contributed by atoms with Gasteiger partial charge in [-0.2, -0.15) is 0 Å². The van der Waals surface area contributed by atoms with Crippen molar-refractivity contribution in [3.05, 3.63) is 93.5 Å². The molecule has 4 aromatic rings. The molecule has 0 amide bonds. The van der Waals surface area contributed by atoms with Crippen LogP contribution in [0.25, 0.3) is 27.0 Å². The van der Waals surface area contributed by atoms with Gasteiger partial charge in [0, 0.05) is 24.7 Å². The van der Waals surface area contributed by atoms with Crippen molar-refractivity contribution in [3.63, 3.8) is 0 Å². The normalized spacial score (nSPS) is 18.1. The molecule has 194 valence electrons. The van der Waals surface area contributed by atoms with Crippen molar-refractivity contribution in [2.24, 2.45) is 0 Å². The molecule has 38 heavy (non-hydrogen) atoms. The van der Waals surface area contributed by atoms with Gasteiger partial charge in [0.15, 0.2) is 5.69 Å². The molecule has 7 heteroatoms. The van der Waals surface area contributed by atoms with E-state index in [1.54, 1.807) is 0 Å².